The van der Waals surface area contributed by atoms with E-state index in [1.165, 1.54) is 12.8 Å². The van der Waals surface area contributed by atoms with Gasteiger partial charge in [-0.3, -0.25) is 14.8 Å². The zero-order valence-corrected chi connectivity index (χ0v) is 13.3. The average Bonchev–Trinajstić information content (AvgIpc) is 3.22. The summed E-state index contributed by atoms with van der Waals surface area (Å²) in [6.45, 7) is 2.37. The maximum Gasteiger partial charge on any atom is 0.204 e. The number of hydrogen-bond donors (Lipinski definition) is 1. The summed E-state index contributed by atoms with van der Waals surface area (Å²) in [6, 6.07) is 3.80. The number of aryl methyl sites for hydroxylation is 1. The highest BCUT2D eigenvalue weighted by atomic mass is 16.1. The van der Waals surface area contributed by atoms with Gasteiger partial charge in [0.1, 0.15) is 18.1 Å². The first kappa shape index (κ1) is 14.2. The van der Waals surface area contributed by atoms with Crippen molar-refractivity contribution < 1.29 is 4.79 Å². The van der Waals surface area contributed by atoms with Gasteiger partial charge in [0.15, 0.2) is 0 Å². The van der Waals surface area contributed by atoms with Crippen LogP contribution in [-0.2, 0) is 6.42 Å². The van der Waals surface area contributed by atoms with E-state index in [4.69, 9.17) is 4.98 Å². The molecule has 1 saturated carbocycles. The molecule has 120 valence electrons. The number of Topliss-reactive ketones (excluding diaryl/α,β-unsaturated/α-hetero) is 1. The van der Waals surface area contributed by atoms with Crippen molar-refractivity contribution in [2.45, 2.75) is 44.9 Å². The number of imidazole rings is 1. The highest BCUT2D eigenvalue weighted by molar-refractivity contribution is 6.00. The number of carbonyl (C=O) groups is 1. The summed E-state index contributed by atoms with van der Waals surface area (Å²) < 4.78 is 1.93. The third-order valence-electron chi connectivity index (χ3n) is 4.79. The number of rotatable bonds is 3. The minimum Gasteiger partial charge on any atom is -0.290 e. The Hall–Kier alpha value is -2.37. The predicted octanol–water partition coefficient (Wildman–Crippen LogP) is 2.66. The molecular formula is C17H21N5O. The maximum atomic E-state index is 12.7. The molecule has 1 N–H and O–H groups in total. The molecule has 0 saturated heterocycles. The molecule has 1 aliphatic heterocycles. The molecule has 0 spiro atoms. The molecule has 3 heterocycles. The van der Waals surface area contributed by atoms with Crippen LogP contribution in [-0.4, -0.2) is 27.0 Å². The summed E-state index contributed by atoms with van der Waals surface area (Å²) in [5.74, 6) is 1.59. The standard InChI is InChI=1S/C17H21N5O/c1-2-14-16-15(23)11-21(13-7-9-18-10-8-13)20-22(16)17(19-14)12-5-3-4-6-12/h7-10,12,20H,2-6,11H2,1H3. The van der Waals surface area contributed by atoms with E-state index in [1.54, 1.807) is 12.4 Å². The van der Waals surface area contributed by atoms with E-state index in [9.17, 15) is 4.79 Å². The SMILES string of the molecule is CCc1nc(C2CCCC2)n2c1C(=O)CN(c1ccncc1)N2. The van der Waals surface area contributed by atoms with Crippen molar-refractivity contribution in [2.75, 3.05) is 17.1 Å². The lowest BCUT2D eigenvalue weighted by molar-refractivity contribution is 0.0981. The largest absolute Gasteiger partial charge is 0.290 e. The Kier molecular flexibility index (Phi) is 3.52. The molecule has 2 aromatic rings. The number of hydrazine groups is 1. The van der Waals surface area contributed by atoms with E-state index in [0.29, 0.717) is 12.5 Å². The van der Waals surface area contributed by atoms with E-state index in [2.05, 4.69) is 17.4 Å². The predicted molar refractivity (Wildman–Crippen MR) is 88.1 cm³/mol. The Morgan fingerprint density at radius 1 is 1.26 bits per heavy atom. The molecule has 0 unspecified atom stereocenters. The van der Waals surface area contributed by atoms with E-state index in [1.807, 2.05) is 21.8 Å². The summed E-state index contributed by atoms with van der Waals surface area (Å²) in [7, 11) is 0. The quantitative estimate of drug-likeness (QED) is 0.944. The summed E-state index contributed by atoms with van der Waals surface area (Å²) in [5.41, 5.74) is 5.97. The Bertz CT molecular complexity index is 718. The number of anilines is 1. The second-order valence-corrected chi connectivity index (χ2v) is 6.25. The summed E-state index contributed by atoms with van der Waals surface area (Å²) >= 11 is 0. The lowest BCUT2D eigenvalue weighted by Gasteiger charge is -2.32. The fourth-order valence-corrected chi connectivity index (χ4v) is 3.62. The fraction of sp³-hybridized carbons (Fsp3) is 0.471. The summed E-state index contributed by atoms with van der Waals surface area (Å²) in [6.07, 6.45) is 9.06. The molecule has 0 amide bonds. The molecule has 4 rings (SSSR count). The summed E-state index contributed by atoms with van der Waals surface area (Å²) in [5, 5.41) is 1.87. The second-order valence-electron chi connectivity index (χ2n) is 6.25. The van der Waals surface area contributed by atoms with Gasteiger partial charge in [0.2, 0.25) is 5.78 Å². The van der Waals surface area contributed by atoms with Gasteiger partial charge in [0.25, 0.3) is 0 Å². The monoisotopic (exact) mass is 311 g/mol. The second kappa shape index (κ2) is 5.68. The van der Waals surface area contributed by atoms with Crippen molar-refractivity contribution in [1.82, 2.24) is 14.6 Å². The molecule has 2 aliphatic rings. The van der Waals surface area contributed by atoms with Crippen LogP contribution in [0.2, 0.25) is 0 Å². The van der Waals surface area contributed by atoms with Gasteiger partial charge in [-0.15, -0.1) is 0 Å². The van der Waals surface area contributed by atoms with Crippen molar-refractivity contribution in [3.8, 4) is 0 Å². The topological polar surface area (TPSA) is 63.1 Å². The zero-order chi connectivity index (χ0) is 15.8. The molecule has 23 heavy (non-hydrogen) atoms. The number of carbonyl (C=O) groups excluding carboxylic acids is 1. The van der Waals surface area contributed by atoms with Crippen molar-refractivity contribution in [3.63, 3.8) is 0 Å². The van der Waals surface area contributed by atoms with Gasteiger partial charge in [0, 0.05) is 18.3 Å². The third kappa shape index (κ3) is 2.38. The van der Waals surface area contributed by atoms with Crippen LogP contribution in [0, 0.1) is 0 Å². The van der Waals surface area contributed by atoms with Crippen LogP contribution in [0.5, 0.6) is 0 Å². The Morgan fingerprint density at radius 3 is 2.70 bits per heavy atom. The first-order valence-electron chi connectivity index (χ1n) is 8.37. The van der Waals surface area contributed by atoms with Gasteiger partial charge in [-0.05, 0) is 31.4 Å². The molecular weight excluding hydrogens is 290 g/mol. The van der Waals surface area contributed by atoms with E-state index in [-0.39, 0.29) is 5.78 Å². The normalized spacial score (nSPS) is 18.1. The van der Waals surface area contributed by atoms with Gasteiger partial charge in [-0.25, -0.2) is 15.2 Å². The summed E-state index contributed by atoms with van der Waals surface area (Å²) in [4.78, 5) is 21.6. The van der Waals surface area contributed by atoms with Crippen LogP contribution in [0.1, 0.15) is 60.5 Å². The van der Waals surface area contributed by atoms with Crippen LogP contribution in [0.4, 0.5) is 5.69 Å². The molecule has 6 heteroatoms. The molecule has 1 aliphatic carbocycles. The maximum absolute atomic E-state index is 12.7. The lowest BCUT2D eigenvalue weighted by atomic mass is 10.1. The number of aromatic nitrogens is 3. The Balaban J connectivity index is 1.75. The van der Waals surface area contributed by atoms with Crippen LogP contribution < -0.4 is 10.5 Å². The zero-order valence-electron chi connectivity index (χ0n) is 13.3. The minimum absolute atomic E-state index is 0.120. The van der Waals surface area contributed by atoms with Gasteiger partial charge in [0.05, 0.1) is 11.4 Å². The number of hydrogen-bond acceptors (Lipinski definition) is 5. The van der Waals surface area contributed by atoms with Gasteiger partial charge in [-0.2, -0.15) is 0 Å². The Morgan fingerprint density at radius 2 is 2.00 bits per heavy atom. The van der Waals surface area contributed by atoms with Gasteiger partial charge in [-0.1, -0.05) is 19.8 Å². The fourth-order valence-electron chi connectivity index (χ4n) is 3.62. The van der Waals surface area contributed by atoms with Crippen molar-refractivity contribution in [1.29, 1.82) is 0 Å². The van der Waals surface area contributed by atoms with Crippen molar-refractivity contribution in [2.24, 2.45) is 0 Å². The number of nitrogens with zero attached hydrogens (tertiary/aromatic N) is 4. The molecule has 2 aromatic heterocycles. The minimum atomic E-state index is 0.120. The van der Waals surface area contributed by atoms with Crippen LogP contribution in [0.25, 0.3) is 0 Å². The molecule has 0 bridgehead atoms. The van der Waals surface area contributed by atoms with Crippen LogP contribution in [0.3, 0.4) is 0 Å². The van der Waals surface area contributed by atoms with Crippen molar-refractivity contribution >= 4 is 11.5 Å². The smallest absolute Gasteiger partial charge is 0.204 e. The first-order chi connectivity index (χ1) is 11.3. The van der Waals surface area contributed by atoms with E-state index in [0.717, 1.165) is 42.2 Å². The number of ketones is 1. The van der Waals surface area contributed by atoms with Crippen molar-refractivity contribution in [3.05, 3.63) is 41.7 Å². The van der Waals surface area contributed by atoms with E-state index < -0.39 is 0 Å². The van der Waals surface area contributed by atoms with Gasteiger partial charge < -0.3 is 0 Å². The highest BCUT2D eigenvalue weighted by Crippen LogP contribution is 2.35. The molecule has 0 radical (unpaired) electrons. The lowest BCUT2D eigenvalue weighted by Crippen LogP contribution is -2.47. The third-order valence-corrected chi connectivity index (χ3v) is 4.79. The number of nitrogens with one attached hydrogen (secondary N) is 1. The number of pyridine rings is 1. The Labute approximate surface area is 135 Å². The van der Waals surface area contributed by atoms with Gasteiger partial charge >= 0.3 is 0 Å². The molecule has 1 fully saturated rings. The van der Waals surface area contributed by atoms with E-state index >= 15 is 0 Å². The average molecular weight is 311 g/mol. The van der Waals surface area contributed by atoms with Crippen LogP contribution in [0.15, 0.2) is 24.5 Å². The number of fused-ring (bicyclic) bond motifs is 1. The molecule has 6 nitrogen and oxygen atoms in total. The van der Waals surface area contributed by atoms with Crippen LogP contribution >= 0.6 is 0 Å². The highest BCUT2D eigenvalue weighted by Gasteiger charge is 2.33. The molecule has 0 aromatic carbocycles. The first-order valence-corrected chi connectivity index (χ1v) is 8.37. The molecule has 0 atom stereocenters.